The first-order chi connectivity index (χ1) is 17.9. The molecule has 0 amide bonds. The third-order valence-electron chi connectivity index (χ3n) is 6.15. The highest BCUT2D eigenvalue weighted by Crippen LogP contribution is 2.29. The van der Waals surface area contributed by atoms with Gasteiger partial charge in [0.05, 0.1) is 12.2 Å². The number of pyridine rings is 1. The number of rotatable bonds is 11. The molecule has 0 unspecified atom stereocenters. The third-order valence-corrected chi connectivity index (χ3v) is 6.15. The predicted octanol–water partition coefficient (Wildman–Crippen LogP) is 7.19. The summed E-state index contributed by atoms with van der Waals surface area (Å²) in [5, 5.41) is 0. The molecule has 204 valence electrons. The van der Waals surface area contributed by atoms with Crippen molar-refractivity contribution in [2.45, 2.75) is 65.3 Å². The van der Waals surface area contributed by atoms with Crippen molar-refractivity contribution in [3.05, 3.63) is 89.1 Å². The number of hydrogen-bond donors (Lipinski definition) is 0. The summed E-state index contributed by atoms with van der Waals surface area (Å²) in [7, 11) is 0. The average molecular weight is 529 g/mol. The fraction of sp³-hybridized carbons (Fsp3) is 0.400. The van der Waals surface area contributed by atoms with Gasteiger partial charge in [-0.2, -0.15) is 13.2 Å². The number of ether oxygens (including phenoxy) is 2. The molecule has 38 heavy (non-hydrogen) atoms. The van der Waals surface area contributed by atoms with Gasteiger partial charge in [0, 0.05) is 19.3 Å². The predicted molar refractivity (Wildman–Crippen MR) is 142 cm³/mol. The fourth-order valence-corrected chi connectivity index (χ4v) is 3.85. The second kappa shape index (κ2) is 12.3. The van der Waals surface area contributed by atoms with Crippen LogP contribution in [0, 0.1) is 0 Å². The Balaban J connectivity index is 1.73. The summed E-state index contributed by atoms with van der Waals surface area (Å²) < 4.78 is 49.9. The van der Waals surface area contributed by atoms with Crippen LogP contribution in [0.15, 0.2) is 66.9 Å². The highest BCUT2D eigenvalue weighted by atomic mass is 19.4. The lowest BCUT2D eigenvalue weighted by atomic mass is 10.1. The molecule has 8 heteroatoms. The number of esters is 1. The van der Waals surface area contributed by atoms with E-state index in [2.05, 4.69) is 23.7 Å². The summed E-state index contributed by atoms with van der Waals surface area (Å²) in [5.41, 5.74) is 1.15. The Morgan fingerprint density at radius 1 is 0.947 bits per heavy atom. The van der Waals surface area contributed by atoms with E-state index in [0.717, 1.165) is 34.6 Å². The van der Waals surface area contributed by atoms with Crippen LogP contribution in [0.4, 0.5) is 19.0 Å². The molecule has 3 rings (SSSR count). The molecule has 5 nitrogen and oxygen atoms in total. The topological polar surface area (TPSA) is 51.7 Å². The summed E-state index contributed by atoms with van der Waals surface area (Å²) in [5.74, 6) is 1.22. The Kier molecular flexibility index (Phi) is 9.41. The zero-order chi connectivity index (χ0) is 27.9. The Hall–Kier alpha value is -3.55. The van der Waals surface area contributed by atoms with Gasteiger partial charge in [-0.1, -0.05) is 44.2 Å². The number of alkyl halides is 3. The maximum absolute atomic E-state index is 13.0. The second-order valence-electron chi connectivity index (χ2n) is 9.95. The van der Waals surface area contributed by atoms with Gasteiger partial charge in [0.25, 0.3) is 0 Å². The summed E-state index contributed by atoms with van der Waals surface area (Å²) in [6.45, 7) is 10.6. The second-order valence-corrected chi connectivity index (χ2v) is 9.95. The van der Waals surface area contributed by atoms with E-state index in [9.17, 15) is 18.0 Å². The number of hydrogen-bond acceptors (Lipinski definition) is 5. The number of anilines is 1. The van der Waals surface area contributed by atoms with Crippen LogP contribution >= 0.6 is 0 Å². The fourth-order valence-electron chi connectivity index (χ4n) is 3.85. The Labute approximate surface area is 222 Å². The van der Waals surface area contributed by atoms with E-state index >= 15 is 0 Å². The molecule has 0 saturated carbocycles. The minimum Gasteiger partial charge on any atom is -0.476 e. The molecule has 1 aromatic heterocycles. The molecule has 3 aromatic rings. The zero-order valence-electron chi connectivity index (χ0n) is 22.5. The number of nitrogens with zero attached hydrogens (tertiary/aromatic N) is 2. The van der Waals surface area contributed by atoms with Crippen molar-refractivity contribution in [2.75, 3.05) is 18.1 Å². The molecule has 0 N–H and O–H groups in total. The van der Waals surface area contributed by atoms with E-state index in [1.54, 1.807) is 20.8 Å². The quantitative estimate of drug-likeness (QED) is 0.247. The molecule has 0 radical (unpaired) electrons. The first-order valence-electron chi connectivity index (χ1n) is 12.7. The van der Waals surface area contributed by atoms with E-state index < -0.39 is 23.3 Å². The van der Waals surface area contributed by atoms with Crippen molar-refractivity contribution in [1.29, 1.82) is 0 Å². The van der Waals surface area contributed by atoms with Crippen LogP contribution in [0.5, 0.6) is 5.75 Å². The number of carbonyl (C=O) groups is 1. The van der Waals surface area contributed by atoms with Gasteiger partial charge >= 0.3 is 12.1 Å². The van der Waals surface area contributed by atoms with E-state index in [4.69, 9.17) is 9.47 Å². The average Bonchev–Trinajstić information content (AvgIpc) is 2.87. The molecular weight excluding hydrogens is 493 g/mol. The smallest absolute Gasteiger partial charge is 0.416 e. The summed E-state index contributed by atoms with van der Waals surface area (Å²) in [6, 6.07) is 16.7. The van der Waals surface area contributed by atoms with Crippen LogP contribution < -0.4 is 9.64 Å². The summed E-state index contributed by atoms with van der Waals surface area (Å²) in [4.78, 5) is 18.8. The molecule has 1 heterocycles. The van der Waals surface area contributed by atoms with Crippen LogP contribution in [-0.2, 0) is 28.7 Å². The largest absolute Gasteiger partial charge is 0.476 e. The van der Waals surface area contributed by atoms with Gasteiger partial charge in [-0.05, 0) is 80.1 Å². The highest BCUT2D eigenvalue weighted by molar-refractivity contribution is 5.79. The van der Waals surface area contributed by atoms with Gasteiger partial charge in [-0.3, -0.25) is 0 Å². The lowest BCUT2D eigenvalue weighted by Gasteiger charge is -2.25. The van der Waals surface area contributed by atoms with Crippen LogP contribution in [0.1, 0.15) is 62.8 Å². The monoisotopic (exact) mass is 528 g/mol. The van der Waals surface area contributed by atoms with E-state index in [1.807, 2.05) is 42.6 Å². The SMILES string of the molecule is CCOC(=O)C(C)(C)Oc1ccc(CCN(Cc2ccc(C(F)(F)F)cc2)c2ccc(C(C)C)cn2)cc1. The van der Waals surface area contributed by atoms with Crippen molar-refractivity contribution < 1.29 is 27.4 Å². The number of aromatic nitrogens is 1. The Morgan fingerprint density at radius 2 is 1.58 bits per heavy atom. The van der Waals surface area contributed by atoms with Crippen molar-refractivity contribution in [3.63, 3.8) is 0 Å². The van der Waals surface area contributed by atoms with E-state index in [-0.39, 0.29) is 6.61 Å². The number of benzene rings is 2. The van der Waals surface area contributed by atoms with E-state index in [1.165, 1.54) is 12.1 Å². The van der Waals surface area contributed by atoms with Crippen LogP contribution in [0.3, 0.4) is 0 Å². The molecule has 0 aliphatic rings. The maximum atomic E-state index is 13.0. The van der Waals surface area contributed by atoms with Gasteiger partial charge in [0.15, 0.2) is 5.60 Å². The van der Waals surface area contributed by atoms with Crippen LogP contribution in [-0.4, -0.2) is 29.7 Å². The highest BCUT2D eigenvalue weighted by Gasteiger charge is 2.32. The lowest BCUT2D eigenvalue weighted by molar-refractivity contribution is -0.158. The van der Waals surface area contributed by atoms with Crippen molar-refractivity contribution in [3.8, 4) is 5.75 Å². The molecule has 0 aliphatic carbocycles. The van der Waals surface area contributed by atoms with Crippen molar-refractivity contribution >= 4 is 11.8 Å². The molecule has 2 aromatic carbocycles. The molecular formula is C30H35F3N2O3. The molecule has 0 saturated heterocycles. The standard InChI is InChI=1S/C30H35F3N2O3/c1-6-37-28(36)29(4,5)38-26-14-9-22(10-15-26)17-18-35(27-16-11-24(19-34-27)21(2)3)20-23-7-12-25(13-8-23)30(31,32)33/h7-16,19,21H,6,17-18,20H2,1-5H3. The molecule has 0 spiro atoms. The van der Waals surface area contributed by atoms with Crippen LogP contribution in [0.2, 0.25) is 0 Å². The first-order valence-corrected chi connectivity index (χ1v) is 12.7. The van der Waals surface area contributed by atoms with E-state index in [0.29, 0.717) is 31.2 Å². The summed E-state index contributed by atoms with van der Waals surface area (Å²) in [6.07, 6.45) is -1.85. The van der Waals surface area contributed by atoms with Crippen molar-refractivity contribution in [2.24, 2.45) is 0 Å². The first kappa shape index (κ1) is 29.0. The molecule has 0 aliphatic heterocycles. The third kappa shape index (κ3) is 7.97. The van der Waals surface area contributed by atoms with Gasteiger partial charge in [0.2, 0.25) is 0 Å². The lowest BCUT2D eigenvalue weighted by Crippen LogP contribution is -2.39. The normalized spacial score (nSPS) is 11.9. The number of carbonyl (C=O) groups excluding carboxylic acids is 1. The minimum absolute atomic E-state index is 0.280. The van der Waals surface area contributed by atoms with Gasteiger partial charge < -0.3 is 14.4 Å². The molecule has 0 fully saturated rings. The maximum Gasteiger partial charge on any atom is 0.416 e. The molecule has 0 bridgehead atoms. The minimum atomic E-state index is -4.37. The summed E-state index contributed by atoms with van der Waals surface area (Å²) >= 11 is 0. The van der Waals surface area contributed by atoms with Crippen molar-refractivity contribution in [1.82, 2.24) is 4.98 Å². The zero-order valence-corrected chi connectivity index (χ0v) is 22.5. The van der Waals surface area contributed by atoms with Gasteiger partial charge in [-0.15, -0.1) is 0 Å². The van der Waals surface area contributed by atoms with Gasteiger partial charge in [0.1, 0.15) is 11.6 Å². The van der Waals surface area contributed by atoms with Gasteiger partial charge in [-0.25, -0.2) is 9.78 Å². The number of halogens is 3. The Bertz CT molecular complexity index is 1170. The Morgan fingerprint density at radius 3 is 2.11 bits per heavy atom. The van der Waals surface area contributed by atoms with Crippen LogP contribution in [0.25, 0.3) is 0 Å². The molecule has 0 atom stereocenters.